The molecule has 0 aliphatic heterocycles. The average Bonchev–Trinajstić information content (AvgIpc) is 2.91. The summed E-state index contributed by atoms with van der Waals surface area (Å²) in [7, 11) is -3.52. The van der Waals surface area contributed by atoms with Gasteiger partial charge in [-0.2, -0.15) is 0 Å². The molecule has 0 saturated carbocycles. The molecule has 0 spiro atoms. The molecule has 3 aromatic rings. The van der Waals surface area contributed by atoms with E-state index < -0.39 is 16.1 Å². The zero-order valence-electron chi connectivity index (χ0n) is 22.9. The number of phenols is 1. The Bertz CT molecular complexity index is 1250. The second-order valence-corrected chi connectivity index (χ2v) is 11.8. The van der Waals surface area contributed by atoms with E-state index in [-0.39, 0.29) is 11.4 Å². The number of aromatic nitrogens is 1. The Morgan fingerprint density at radius 1 is 0.897 bits per heavy atom. The van der Waals surface area contributed by atoms with Crippen molar-refractivity contribution in [3.63, 3.8) is 0 Å². The van der Waals surface area contributed by atoms with E-state index in [1.165, 1.54) is 36.1 Å². The fourth-order valence-corrected chi connectivity index (χ4v) is 4.98. The lowest BCUT2D eigenvalue weighted by Gasteiger charge is -2.14. The first kappa shape index (κ1) is 30.8. The molecule has 0 bridgehead atoms. The number of aryl methyl sites for hydroxylation is 1. The highest BCUT2D eigenvalue weighted by Gasteiger charge is 2.12. The van der Waals surface area contributed by atoms with Crippen LogP contribution in [0.15, 0.2) is 54.6 Å². The number of aliphatic hydroxyl groups is 1. The Morgan fingerprint density at radius 3 is 2.38 bits per heavy atom. The van der Waals surface area contributed by atoms with Crippen molar-refractivity contribution in [2.45, 2.75) is 63.9 Å². The molecule has 9 heteroatoms. The molecule has 214 valence electrons. The minimum atomic E-state index is -3.52. The zero-order valence-corrected chi connectivity index (χ0v) is 23.8. The van der Waals surface area contributed by atoms with E-state index in [1.54, 1.807) is 6.07 Å². The summed E-state index contributed by atoms with van der Waals surface area (Å²) in [5.41, 5.74) is 2.84. The summed E-state index contributed by atoms with van der Waals surface area (Å²) in [6.07, 6.45) is 10.2. The summed E-state index contributed by atoms with van der Waals surface area (Å²) in [5.74, 6) is -0.182. The van der Waals surface area contributed by atoms with Gasteiger partial charge in [-0.1, -0.05) is 56.0 Å². The number of fused-ring (bicyclic) bond motifs is 1. The average molecular weight is 558 g/mol. The number of aromatic hydroxyl groups is 1. The SMILES string of the molecule is CS(=O)(=O)Nc1cc(C(O)CNCCCCCCOCCCCCCc2ccc3ccccc3n2)ccc1O. The summed E-state index contributed by atoms with van der Waals surface area (Å²) < 4.78 is 30.9. The summed E-state index contributed by atoms with van der Waals surface area (Å²) in [6.45, 7) is 2.77. The van der Waals surface area contributed by atoms with Crippen LogP contribution >= 0.6 is 0 Å². The van der Waals surface area contributed by atoms with Crippen LogP contribution < -0.4 is 10.0 Å². The van der Waals surface area contributed by atoms with Crippen molar-refractivity contribution in [2.24, 2.45) is 0 Å². The van der Waals surface area contributed by atoms with Crippen LogP contribution in [-0.4, -0.2) is 56.2 Å². The van der Waals surface area contributed by atoms with Crippen LogP contribution in [0, 0.1) is 0 Å². The maximum absolute atomic E-state index is 11.4. The quantitative estimate of drug-likeness (QED) is 0.116. The van der Waals surface area contributed by atoms with Gasteiger partial charge >= 0.3 is 0 Å². The predicted molar refractivity (Wildman–Crippen MR) is 158 cm³/mol. The van der Waals surface area contributed by atoms with Crippen LogP contribution in [0.3, 0.4) is 0 Å². The lowest BCUT2D eigenvalue weighted by atomic mass is 10.1. The maximum Gasteiger partial charge on any atom is 0.229 e. The first-order valence-electron chi connectivity index (χ1n) is 13.9. The van der Waals surface area contributed by atoms with Gasteiger partial charge in [0.2, 0.25) is 10.0 Å². The molecule has 1 aromatic heterocycles. The highest BCUT2D eigenvalue weighted by molar-refractivity contribution is 7.92. The van der Waals surface area contributed by atoms with Crippen LogP contribution in [-0.2, 0) is 21.2 Å². The molecule has 4 N–H and O–H groups in total. The number of pyridine rings is 1. The van der Waals surface area contributed by atoms with E-state index in [2.05, 4.69) is 34.3 Å². The van der Waals surface area contributed by atoms with E-state index in [0.29, 0.717) is 12.1 Å². The molecule has 2 aromatic carbocycles. The summed E-state index contributed by atoms with van der Waals surface area (Å²) in [4.78, 5) is 4.74. The van der Waals surface area contributed by atoms with Crippen molar-refractivity contribution in [2.75, 3.05) is 37.3 Å². The molecular formula is C30H43N3O5S. The van der Waals surface area contributed by atoms with E-state index in [0.717, 1.165) is 76.5 Å². The van der Waals surface area contributed by atoms with Crippen LogP contribution in [0.5, 0.6) is 5.75 Å². The van der Waals surface area contributed by atoms with Gasteiger partial charge in [0.15, 0.2) is 0 Å². The molecule has 0 aliphatic carbocycles. The summed E-state index contributed by atoms with van der Waals surface area (Å²) >= 11 is 0. The van der Waals surface area contributed by atoms with Crippen molar-refractivity contribution in [3.05, 3.63) is 65.9 Å². The van der Waals surface area contributed by atoms with Gasteiger partial charge in [0.05, 0.1) is 23.6 Å². The number of rotatable bonds is 19. The van der Waals surface area contributed by atoms with E-state index in [1.807, 2.05) is 12.1 Å². The molecule has 1 unspecified atom stereocenters. The number of hydrogen-bond acceptors (Lipinski definition) is 7. The fraction of sp³-hybridized carbons (Fsp3) is 0.500. The van der Waals surface area contributed by atoms with E-state index >= 15 is 0 Å². The molecule has 1 heterocycles. The second kappa shape index (κ2) is 16.4. The molecule has 3 rings (SSSR count). The third kappa shape index (κ3) is 11.9. The van der Waals surface area contributed by atoms with Crippen molar-refractivity contribution in [3.8, 4) is 5.75 Å². The Morgan fingerprint density at radius 2 is 1.62 bits per heavy atom. The Labute approximate surface area is 232 Å². The minimum Gasteiger partial charge on any atom is -0.506 e. The topological polar surface area (TPSA) is 121 Å². The number of nitrogens with one attached hydrogen (secondary N) is 2. The number of sulfonamides is 1. The molecule has 8 nitrogen and oxygen atoms in total. The Balaban J connectivity index is 1.13. The normalized spacial score (nSPS) is 12.6. The van der Waals surface area contributed by atoms with Crippen molar-refractivity contribution < 1.29 is 23.4 Å². The molecule has 1 atom stereocenters. The zero-order chi connectivity index (χ0) is 27.9. The standard InChI is InChI=1S/C30H43N3O5S/c1-39(36,37)33-28-22-25(16-18-29(28)34)30(35)23-31-19-9-3-5-11-21-38-20-10-4-2-6-13-26-17-15-24-12-7-8-14-27(24)32-26/h7-8,12,14-18,22,30-31,33-35H,2-6,9-11,13,19-21,23H2,1H3. The third-order valence-corrected chi connectivity index (χ3v) is 7.15. The molecule has 39 heavy (non-hydrogen) atoms. The van der Waals surface area contributed by atoms with Gasteiger partial charge in [-0.15, -0.1) is 0 Å². The second-order valence-electron chi connectivity index (χ2n) is 10.1. The largest absolute Gasteiger partial charge is 0.506 e. The number of anilines is 1. The number of unbranched alkanes of at least 4 members (excludes halogenated alkanes) is 6. The Hall–Kier alpha value is -2.72. The van der Waals surface area contributed by atoms with Crippen LogP contribution in [0.2, 0.25) is 0 Å². The van der Waals surface area contributed by atoms with Crippen LogP contribution in [0.4, 0.5) is 5.69 Å². The van der Waals surface area contributed by atoms with Gasteiger partial charge in [-0.05, 0) is 68.5 Å². The van der Waals surface area contributed by atoms with E-state index in [4.69, 9.17) is 9.72 Å². The van der Waals surface area contributed by atoms with Gasteiger partial charge in [0.1, 0.15) is 5.75 Å². The Kier molecular flexibility index (Phi) is 13.0. The van der Waals surface area contributed by atoms with Gasteiger partial charge < -0.3 is 20.3 Å². The monoisotopic (exact) mass is 557 g/mol. The number of ether oxygens (including phenoxy) is 1. The van der Waals surface area contributed by atoms with Gasteiger partial charge in [0, 0.05) is 30.8 Å². The maximum atomic E-state index is 11.4. The number of hydrogen-bond donors (Lipinski definition) is 4. The number of para-hydroxylation sites is 1. The van der Waals surface area contributed by atoms with Crippen LogP contribution in [0.25, 0.3) is 10.9 Å². The lowest BCUT2D eigenvalue weighted by Crippen LogP contribution is -2.22. The van der Waals surface area contributed by atoms with Gasteiger partial charge in [0.25, 0.3) is 0 Å². The third-order valence-electron chi connectivity index (χ3n) is 6.56. The lowest BCUT2D eigenvalue weighted by molar-refractivity contribution is 0.125. The molecule has 0 radical (unpaired) electrons. The molecule has 0 fully saturated rings. The number of aliphatic hydroxyl groups excluding tert-OH is 1. The number of benzene rings is 2. The summed E-state index contributed by atoms with van der Waals surface area (Å²) in [6, 6.07) is 17.0. The summed E-state index contributed by atoms with van der Waals surface area (Å²) in [5, 5.41) is 24.6. The highest BCUT2D eigenvalue weighted by atomic mass is 32.2. The molecule has 0 saturated heterocycles. The van der Waals surface area contributed by atoms with Crippen molar-refractivity contribution in [1.82, 2.24) is 10.3 Å². The van der Waals surface area contributed by atoms with Gasteiger partial charge in [-0.3, -0.25) is 9.71 Å². The fourth-order valence-electron chi connectivity index (χ4n) is 4.42. The van der Waals surface area contributed by atoms with Gasteiger partial charge in [-0.25, -0.2) is 8.42 Å². The first-order chi connectivity index (χ1) is 18.8. The van der Waals surface area contributed by atoms with Crippen LogP contribution in [0.1, 0.15) is 68.7 Å². The smallest absolute Gasteiger partial charge is 0.229 e. The number of phenolic OH excluding ortho intramolecular Hbond substituents is 1. The van der Waals surface area contributed by atoms with Crippen molar-refractivity contribution in [1.29, 1.82) is 0 Å². The van der Waals surface area contributed by atoms with Crippen molar-refractivity contribution >= 4 is 26.6 Å². The number of nitrogens with zero attached hydrogens (tertiary/aromatic N) is 1. The first-order valence-corrected chi connectivity index (χ1v) is 15.8. The molecule has 0 aliphatic rings. The molecular weight excluding hydrogens is 514 g/mol. The van der Waals surface area contributed by atoms with E-state index in [9.17, 15) is 18.6 Å². The highest BCUT2D eigenvalue weighted by Crippen LogP contribution is 2.27. The molecule has 0 amide bonds. The predicted octanol–water partition coefficient (Wildman–Crippen LogP) is 5.32. The minimum absolute atomic E-state index is 0.0609.